The minimum absolute atomic E-state index is 0.398. The first-order valence-corrected chi connectivity index (χ1v) is 8.74. The molecule has 116 valence electrons. The van der Waals surface area contributed by atoms with Crippen LogP contribution in [0, 0.1) is 5.92 Å². The predicted octanol–water partition coefficient (Wildman–Crippen LogP) is 3.63. The number of hydrogen-bond acceptors (Lipinski definition) is 3. The van der Waals surface area contributed by atoms with Gasteiger partial charge in [0.15, 0.2) is 0 Å². The molecule has 2 N–H and O–H groups in total. The second kappa shape index (κ2) is 5.90. The van der Waals surface area contributed by atoms with E-state index in [1.165, 1.54) is 18.5 Å². The molecule has 0 aromatic heterocycles. The van der Waals surface area contributed by atoms with E-state index in [4.69, 9.17) is 0 Å². The fourth-order valence-electron chi connectivity index (χ4n) is 3.86. The van der Waals surface area contributed by atoms with Crippen LogP contribution in [0.25, 0.3) is 0 Å². The van der Waals surface area contributed by atoms with Gasteiger partial charge in [-0.1, -0.05) is 34.8 Å². The Morgan fingerprint density at radius 2 is 2.14 bits per heavy atom. The first kappa shape index (κ1) is 15.3. The molecule has 1 saturated heterocycles. The van der Waals surface area contributed by atoms with Crippen LogP contribution in [-0.4, -0.2) is 28.9 Å². The van der Waals surface area contributed by atoms with E-state index in [1.807, 2.05) is 6.07 Å². The van der Waals surface area contributed by atoms with E-state index in [2.05, 4.69) is 33.0 Å². The van der Waals surface area contributed by atoms with Crippen molar-refractivity contribution in [2.45, 2.75) is 50.7 Å². The van der Waals surface area contributed by atoms with Crippen molar-refractivity contribution >= 4 is 21.6 Å². The Balaban J connectivity index is 1.78. The van der Waals surface area contributed by atoms with Gasteiger partial charge in [0.25, 0.3) is 0 Å². The van der Waals surface area contributed by atoms with Crippen LogP contribution in [0.1, 0.15) is 50.7 Å². The SMILES string of the molecule is C[C@H](O)c1ccc(N2CCC3(O)CCCCC3C2)cc1Br. The average molecular weight is 354 g/mol. The van der Waals surface area contributed by atoms with Crippen LogP contribution in [0.15, 0.2) is 22.7 Å². The van der Waals surface area contributed by atoms with Gasteiger partial charge in [-0.25, -0.2) is 0 Å². The van der Waals surface area contributed by atoms with Gasteiger partial charge in [-0.15, -0.1) is 0 Å². The molecule has 1 heterocycles. The standard InChI is InChI=1S/C17H24BrNO2/c1-12(20)15-6-5-14(10-16(15)18)19-9-8-17(21)7-3-2-4-13(17)11-19/h5-6,10,12-13,20-21H,2-4,7-9,11H2,1H3/t12-,13?,17?/m0/s1. The molecule has 21 heavy (non-hydrogen) atoms. The number of rotatable bonds is 2. The molecule has 1 saturated carbocycles. The summed E-state index contributed by atoms with van der Waals surface area (Å²) in [5.74, 6) is 0.398. The highest BCUT2D eigenvalue weighted by molar-refractivity contribution is 9.10. The van der Waals surface area contributed by atoms with Crippen LogP contribution in [0.4, 0.5) is 5.69 Å². The summed E-state index contributed by atoms with van der Waals surface area (Å²) < 4.78 is 0.958. The molecule has 1 aromatic carbocycles. The zero-order valence-electron chi connectivity index (χ0n) is 12.6. The largest absolute Gasteiger partial charge is 0.389 e. The second-order valence-electron chi connectivity index (χ2n) is 6.62. The molecule has 1 aliphatic carbocycles. The number of halogens is 1. The molecule has 3 atom stereocenters. The number of aliphatic hydroxyl groups is 2. The summed E-state index contributed by atoms with van der Waals surface area (Å²) in [7, 11) is 0. The van der Waals surface area contributed by atoms with Gasteiger partial charge < -0.3 is 15.1 Å². The number of piperidine rings is 1. The highest BCUT2D eigenvalue weighted by Crippen LogP contribution is 2.41. The summed E-state index contributed by atoms with van der Waals surface area (Å²) in [6.07, 6.45) is 4.93. The normalized spacial score (nSPS) is 30.9. The Kier molecular flexibility index (Phi) is 4.30. The average Bonchev–Trinajstić information content (AvgIpc) is 2.45. The summed E-state index contributed by atoms with van der Waals surface area (Å²) in [6.45, 7) is 3.63. The smallest absolute Gasteiger partial charge is 0.0772 e. The molecule has 0 spiro atoms. The number of benzene rings is 1. The van der Waals surface area contributed by atoms with E-state index in [1.54, 1.807) is 6.92 Å². The van der Waals surface area contributed by atoms with Crippen molar-refractivity contribution in [3.05, 3.63) is 28.2 Å². The molecule has 3 nitrogen and oxygen atoms in total. The lowest BCUT2D eigenvalue weighted by Gasteiger charge is -2.48. The Bertz CT molecular complexity index is 520. The van der Waals surface area contributed by atoms with Crippen molar-refractivity contribution in [1.29, 1.82) is 0 Å². The van der Waals surface area contributed by atoms with E-state index in [0.29, 0.717) is 5.92 Å². The minimum Gasteiger partial charge on any atom is -0.389 e. The molecule has 2 fully saturated rings. The van der Waals surface area contributed by atoms with Crippen LogP contribution >= 0.6 is 15.9 Å². The molecule has 0 amide bonds. The topological polar surface area (TPSA) is 43.7 Å². The Hall–Kier alpha value is -0.580. The fourth-order valence-corrected chi connectivity index (χ4v) is 4.55. The quantitative estimate of drug-likeness (QED) is 0.852. The lowest BCUT2D eigenvalue weighted by molar-refractivity contribution is -0.0612. The molecule has 0 radical (unpaired) electrons. The molecule has 4 heteroatoms. The molecular weight excluding hydrogens is 330 g/mol. The zero-order chi connectivity index (χ0) is 15.0. The second-order valence-corrected chi connectivity index (χ2v) is 7.48. The van der Waals surface area contributed by atoms with Crippen molar-refractivity contribution in [2.24, 2.45) is 5.92 Å². The number of aliphatic hydroxyl groups excluding tert-OH is 1. The summed E-state index contributed by atoms with van der Waals surface area (Å²) in [6, 6.07) is 6.17. The maximum atomic E-state index is 10.8. The van der Waals surface area contributed by atoms with E-state index in [0.717, 1.165) is 42.4 Å². The maximum Gasteiger partial charge on any atom is 0.0772 e. The van der Waals surface area contributed by atoms with Crippen molar-refractivity contribution < 1.29 is 10.2 Å². The number of anilines is 1. The van der Waals surface area contributed by atoms with Crippen molar-refractivity contribution in [1.82, 2.24) is 0 Å². The zero-order valence-corrected chi connectivity index (χ0v) is 14.1. The van der Waals surface area contributed by atoms with Gasteiger partial charge in [0.05, 0.1) is 11.7 Å². The third-order valence-electron chi connectivity index (χ3n) is 5.23. The summed E-state index contributed by atoms with van der Waals surface area (Å²) in [5, 5.41) is 20.5. The van der Waals surface area contributed by atoms with Gasteiger partial charge in [-0.2, -0.15) is 0 Å². The summed E-state index contributed by atoms with van der Waals surface area (Å²) in [5.41, 5.74) is 1.68. The van der Waals surface area contributed by atoms with Gasteiger partial charge in [0, 0.05) is 29.2 Å². The molecular formula is C17H24BrNO2. The van der Waals surface area contributed by atoms with Crippen LogP contribution in [0.5, 0.6) is 0 Å². The van der Waals surface area contributed by atoms with Crippen LogP contribution in [0.3, 0.4) is 0 Å². The van der Waals surface area contributed by atoms with Crippen LogP contribution in [-0.2, 0) is 0 Å². The number of nitrogens with zero attached hydrogens (tertiary/aromatic N) is 1. The monoisotopic (exact) mass is 353 g/mol. The van der Waals surface area contributed by atoms with Gasteiger partial charge in [-0.3, -0.25) is 0 Å². The molecule has 1 aromatic rings. The van der Waals surface area contributed by atoms with Gasteiger partial charge >= 0.3 is 0 Å². The van der Waals surface area contributed by atoms with Gasteiger partial charge in [0.1, 0.15) is 0 Å². The third-order valence-corrected chi connectivity index (χ3v) is 5.91. The number of fused-ring (bicyclic) bond motifs is 1. The Labute approximate surface area is 135 Å². The summed E-state index contributed by atoms with van der Waals surface area (Å²) in [4.78, 5) is 2.38. The highest BCUT2D eigenvalue weighted by Gasteiger charge is 2.42. The Morgan fingerprint density at radius 1 is 1.33 bits per heavy atom. The van der Waals surface area contributed by atoms with Crippen molar-refractivity contribution in [3.63, 3.8) is 0 Å². The van der Waals surface area contributed by atoms with E-state index in [-0.39, 0.29) is 0 Å². The van der Waals surface area contributed by atoms with Gasteiger partial charge in [-0.05, 0) is 43.9 Å². The molecule has 0 bridgehead atoms. The van der Waals surface area contributed by atoms with Crippen molar-refractivity contribution in [3.8, 4) is 0 Å². The minimum atomic E-state index is -0.460. The maximum absolute atomic E-state index is 10.8. The first-order chi connectivity index (χ1) is 9.99. The molecule has 3 rings (SSSR count). The van der Waals surface area contributed by atoms with Crippen LogP contribution in [0.2, 0.25) is 0 Å². The van der Waals surface area contributed by atoms with Crippen LogP contribution < -0.4 is 4.90 Å². The Morgan fingerprint density at radius 3 is 2.86 bits per heavy atom. The lowest BCUT2D eigenvalue weighted by atomic mass is 9.71. The number of hydrogen-bond donors (Lipinski definition) is 2. The van der Waals surface area contributed by atoms with E-state index in [9.17, 15) is 10.2 Å². The summed E-state index contributed by atoms with van der Waals surface area (Å²) >= 11 is 3.56. The molecule has 2 aliphatic rings. The lowest BCUT2D eigenvalue weighted by Crippen LogP contribution is -2.53. The van der Waals surface area contributed by atoms with Crippen molar-refractivity contribution in [2.75, 3.05) is 18.0 Å². The predicted molar refractivity (Wildman–Crippen MR) is 88.5 cm³/mol. The van der Waals surface area contributed by atoms with E-state index < -0.39 is 11.7 Å². The highest BCUT2D eigenvalue weighted by atomic mass is 79.9. The third kappa shape index (κ3) is 2.99. The fraction of sp³-hybridized carbons (Fsp3) is 0.647. The molecule has 1 aliphatic heterocycles. The first-order valence-electron chi connectivity index (χ1n) is 7.94. The van der Waals surface area contributed by atoms with E-state index >= 15 is 0 Å². The molecule has 2 unspecified atom stereocenters. The van der Waals surface area contributed by atoms with Gasteiger partial charge in [0.2, 0.25) is 0 Å².